The van der Waals surface area contributed by atoms with Crippen LogP contribution in [0.4, 0.5) is 5.69 Å². The first-order valence-corrected chi connectivity index (χ1v) is 12.2. The fraction of sp³-hybridized carbons (Fsp3) is 0.200. The van der Waals surface area contributed by atoms with Gasteiger partial charge in [0.15, 0.2) is 11.5 Å². The van der Waals surface area contributed by atoms with Crippen LogP contribution in [0.1, 0.15) is 39.8 Å². The first-order chi connectivity index (χ1) is 18.0. The van der Waals surface area contributed by atoms with Gasteiger partial charge in [0.1, 0.15) is 5.84 Å². The normalized spacial score (nSPS) is 19.2. The summed E-state index contributed by atoms with van der Waals surface area (Å²) in [5.41, 5.74) is 14.1. The largest absolute Gasteiger partial charge is 0.504 e. The number of fused-ring (bicyclic) bond motifs is 5. The van der Waals surface area contributed by atoms with Gasteiger partial charge in [-0.25, -0.2) is 4.98 Å². The number of aromatic nitrogens is 1. The Balaban J connectivity index is 1.55. The average molecular weight is 493 g/mol. The number of pyridine rings is 1. The minimum atomic E-state index is -0.0697. The van der Waals surface area contributed by atoms with Gasteiger partial charge in [-0.15, -0.1) is 0 Å². The summed E-state index contributed by atoms with van der Waals surface area (Å²) in [6.07, 6.45) is 2.66. The monoisotopic (exact) mass is 492 g/mol. The van der Waals surface area contributed by atoms with E-state index in [0.717, 1.165) is 39.9 Å². The van der Waals surface area contributed by atoms with Crippen LogP contribution < -0.4 is 20.5 Å². The van der Waals surface area contributed by atoms with E-state index in [1.54, 1.807) is 26.5 Å². The van der Waals surface area contributed by atoms with Crippen molar-refractivity contribution in [1.82, 2.24) is 4.98 Å². The van der Waals surface area contributed by atoms with Crippen molar-refractivity contribution in [2.24, 2.45) is 11.7 Å². The molecule has 1 aliphatic heterocycles. The Morgan fingerprint density at radius 2 is 1.84 bits per heavy atom. The lowest BCUT2D eigenvalue weighted by molar-refractivity contribution is 0.370. The van der Waals surface area contributed by atoms with Crippen molar-refractivity contribution in [1.29, 1.82) is 5.41 Å². The van der Waals surface area contributed by atoms with Gasteiger partial charge >= 0.3 is 0 Å². The van der Waals surface area contributed by atoms with E-state index in [2.05, 4.69) is 34.6 Å². The number of hydrogen-bond acceptors (Lipinski definition) is 6. The summed E-state index contributed by atoms with van der Waals surface area (Å²) in [5.74, 6) is 1.42. The van der Waals surface area contributed by atoms with Crippen LogP contribution in [0.3, 0.4) is 0 Å². The molecule has 3 aromatic carbocycles. The van der Waals surface area contributed by atoms with Crippen LogP contribution in [0.25, 0.3) is 11.1 Å². The highest BCUT2D eigenvalue weighted by atomic mass is 16.5. The summed E-state index contributed by atoms with van der Waals surface area (Å²) in [5, 5.41) is 22.5. The molecule has 4 aromatic rings. The fourth-order valence-corrected chi connectivity index (χ4v) is 5.95. The summed E-state index contributed by atoms with van der Waals surface area (Å²) in [6.45, 7) is 0. The van der Waals surface area contributed by atoms with E-state index in [9.17, 15) is 5.11 Å². The van der Waals surface area contributed by atoms with Crippen molar-refractivity contribution in [3.8, 4) is 28.5 Å². The topological polar surface area (TPSA) is 113 Å². The van der Waals surface area contributed by atoms with Crippen molar-refractivity contribution in [2.45, 2.75) is 18.4 Å². The Labute approximate surface area is 215 Å². The minimum absolute atomic E-state index is 0.0605. The third-order valence-corrected chi connectivity index (χ3v) is 7.65. The molecule has 7 heteroatoms. The Hall–Kier alpha value is -4.52. The molecule has 6 rings (SSSR count). The molecule has 0 spiro atoms. The van der Waals surface area contributed by atoms with Crippen LogP contribution in [0.5, 0.6) is 17.4 Å². The molecular formula is C30H28N4O3. The van der Waals surface area contributed by atoms with Crippen LogP contribution >= 0.6 is 0 Å². The third-order valence-electron chi connectivity index (χ3n) is 7.65. The molecular weight excluding hydrogens is 464 g/mol. The lowest BCUT2D eigenvalue weighted by Crippen LogP contribution is -2.31. The predicted octanol–water partition coefficient (Wildman–Crippen LogP) is 5.23. The highest BCUT2D eigenvalue weighted by molar-refractivity contribution is 5.95. The number of nitrogens with one attached hydrogen (secondary N) is 2. The van der Waals surface area contributed by atoms with Gasteiger partial charge in [0, 0.05) is 35.0 Å². The summed E-state index contributed by atoms with van der Waals surface area (Å²) in [6, 6.07) is 21.9. The van der Waals surface area contributed by atoms with Gasteiger partial charge in [0.05, 0.1) is 20.3 Å². The molecule has 0 radical (unpaired) electrons. The first kappa shape index (κ1) is 22.9. The average Bonchev–Trinajstić information content (AvgIpc) is 3.32. The smallest absolute Gasteiger partial charge is 0.212 e. The molecule has 37 heavy (non-hydrogen) atoms. The summed E-state index contributed by atoms with van der Waals surface area (Å²) >= 11 is 0. The van der Waals surface area contributed by atoms with E-state index in [1.807, 2.05) is 36.4 Å². The Bertz CT molecular complexity index is 1520. The zero-order valence-electron chi connectivity index (χ0n) is 20.7. The van der Waals surface area contributed by atoms with Crippen LogP contribution in [-0.2, 0) is 6.42 Å². The Morgan fingerprint density at radius 3 is 2.57 bits per heavy atom. The molecule has 1 aromatic heterocycles. The van der Waals surface area contributed by atoms with Crippen molar-refractivity contribution >= 4 is 11.5 Å². The highest BCUT2D eigenvalue weighted by Crippen LogP contribution is 2.55. The standard InChI is InChI=1S/C30H28N4O3/c1-36-26-14-21(20(13-25(26)35)18-8-10-27(37-2)33-15-18)29-23-11-16-5-3-4-6-19(16)28(23)22-12-17(30(31)32)7-9-24(22)34-29/h3-10,12-15,23,28-29,34-35H,11H2,1-2H3,(H3,31,32). The second-order valence-electron chi connectivity index (χ2n) is 9.58. The van der Waals surface area contributed by atoms with Gasteiger partial charge in [0.2, 0.25) is 5.88 Å². The third kappa shape index (κ3) is 3.74. The molecule has 0 fully saturated rings. The molecule has 3 unspecified atom stereocenters. The minimum Gasteiger partial charge on any atom is -0.504 e. The summed E-state index contributed by atoms with van der Waals surface area (Å²) in [7, 11) is 3.15. The summed E-state index contributed by atoms with van der Waals surface area (Å²) < 4.78 is 10.8. The zero-order valence-corrected chi connectivity index (χ0v) is 20.7. The number of nitrogens with two attached hydrogens (primary N) is 1. The molecule has 0 amide bonds. The summed E-state index contributed by atoms with van der Waals surface area (Å²) in [4.78, 5) is 4.41. The van der Waals surface area contributed by atoms with Gasteiger partial charge < -0.3 is 25.6 Å². The maximum Gasteiger partial charge on any atom is 0.212 e. The number of methoxy groups -OCH3 is 2. The number of nitrogen functional groups attached to an aromatic ring is 1. The molecule has 1 aliphatic carbocycles. The van der Waals surface area contributed by atoms with E-state index in [0.29, 0.717) is 11.6 Å². The van der Waals surface area contributed by atoms with Crippen LogP contribution in [0, 0.1) is 11.3 Å². The zero-order chi connectivity index (χ0) is 25.7. The second-order valence-corrected chi connectivity index (χ2v) is 9.58. The maximum atomic E-state index is 10.7. The number of anilines is 1. The lowest BCUT2D eigenvalue weighted by atomic mass is 9.74. The van der Waals surface area contributed by atoms with Crippen molar-refractivity contribution < 1.29 is 14.6 Å². The number of ether oxygens (including phenoxy) is 2. The van der Waals surface area contributed by atoms with Crippen molar-refractivity contribution in [3.05, 3.63) is 101 Å². The number of phenolic OH excluding ortho intramolecular Hbond substituents is 1. The van der Waals surface area contributed by atoms with Gasteiger partial charge in [-0.3, -0.25) is 5.41 Å². The fourth-order valence-electron chi connectivity index (χ4n) is 5.95. The van der Waals surface area contributed by atoms with E-state index in [-0.39, 0.29) is 29.5 Å². The second kappa shape index (κ2) is 8.85. The molecule has 0 saturated carbocycles. The SMILES string of the molecule is COc1ccc(-c2cc(O)c(OC)cc2C2Nc3ccc(C(=N)N)cc3C3c4ccccc4CC23)cn1. The number of rotatable bonds is 5. The van der Waals surface area contributed by atoms with E-state index in [4.69, 9.17) is 20.6 Å². The molecule has 186 valence electrons. The predicted molar refractivity (Wildman–Crippen MR) is 144 cm³/mol. The van der Waals surface area contributed by atoms with Crippen LogP contribution in [-0.4, -0.2) is 30.1 Å². The van der Waals surface area contributed by atoms with Crippen LogP contribution in [0.15, 0.2) is 72.9 Å². The van der Waals surface area contributed by atoms with Crippen molar-refractivity contribution in [2.75, 3.05) is 19.5 Å². The molecule has 0 saturated heterocycles. The van der Waals surface area contributed by atoms with Gasteiger partial charge in [-0.1, -0.05) is 24.3 Å². The number of nitrogens with zero attached hydrogens (tertiary/aromatic N) is 1. The number of amidine groups is 1. The van der Waals surface area contributed by atoms with Crippen molar-refractivity contribution in [3.63, 3.8) is 0 Å². The number of hydrogen-bond donors (Lipinski definition) is 4. The maximum absolute atomic E-state index is 10.7. The highest BCUT2D eigenvalue weighted by Gasteiger charge is 2.44. The van der Waals surface area contributed by atoms with Gasteiger partial charge in [0.25, 0.3) is 0 Å². The van der Waals surface area contributed by atoms with E-state index in [1.165, 1.54) is 11.1 Å². The molecule has 2 heterocycles. The Kier molecular flexibility index (Phi) is 5.48. The molecule has 2 aliphatic rings. The van der Waals surface area contributed by atoms with E-state index < -0.39 is 0 Å². The van der Waals surface area contributed by atoms with E-state index >= 15 is 0 Å². The quantitative estimate of drug-likeness (QED) is 0.224. The van der Waals surface area contributed by atoms with Gasteiger partial charge in [-0.2, -0.15) is 0 Å². The van der Waals surface area contributed by atoms with Gasteiger partial charge in [-0.05, 0) is 76.6 Å². The molecule has 0 bridgehead atoms. The number of phenols is 1. The molecule has 3 atom stereocenters. The molecule has 5 N–H and O–H groups in total. The van der Waals surface area contributed by atoms with Crippen LogP contribution in [0.2, 0.25) is 0 Å². The first-order valence-electron chi connectivity index (χ1n) is 12.2. The number of aromatic hydroxyl groups is 1. The lowest BCUT2D eigenvalue weighted by Gasteiger charge is -2.39. The Morgan fingerprint density at radius 1 is 1.00 bits per heavy atom. The number of benzene rings is 3. The molecule has 7 nitrogen and oxygen atoms in total.